The summed E-state index contributed by atoms with van der Waals surface area (Å²) in [5.41, 5.74) is 0.618. The van der Waals surface area contributed by atoms with Gasteiger partial charge >= 0.3 is 6.09 Å². The molecule has 0 aromatic rings. The number of ether oxygens (including phenoxy) is 1. The van der Waals surface area contributed by atoms with Crippen LogP contribution in [0.2, 0.25) is 0 Å². The molecular weight excluding hydrogens is 154 g/mol. The lowest BCUT2D eigenvalue weighted by atomic mass is 9.61. The fourth-order valence-corrected chi connectivity index (χ4v) is 3.22. The van der Waals surface area contributed by atoms with Crippen LogP contribution in [0.5, 0.6) is 0 Å². The maximum Gasteiger partial charge on any atom is 0.410 e. The normalized spacial score (nSPS) is 48.8. The number of amides is 1. The zero-order valence-electron chi connectivity index (χ0n) is 7.30. The molecule has 3 heteroatoms. The van der Waals surface area contributed by atoms with E-state index in [2.05, 4.69) is 6.92 Å². The summed E-state index contributed by atoms with van der Waals surface area (Å²) in [6.07, 6.45) is 3.49. The van der Waals surface area contributed by atoms with Gasteiger partial charge in [0.15, 0.2) is 0 Å². The maximum atomic E-state index is 11.2. The molecule has 4 fully saturated rings. The Hall–Kier alpha value is -0.730. The van der Waals surface area contributed by atoms with Gasteiger partial charge in [-0.05, 0) is 24.7 Å². The second-order valence-electron chi connectivity index (χ2n) is 4.57. The van der Waals surface area contributed by atoms with Crippen molar-refractivity contribution in [2.45, 2.75) is 31.7 Å². The molecule has 0 aromatic heterocycles. The van der Waals surface area contributed by atoms with Crippen LogP contribution in [0.3, 0.4) is 0 Å². The second kappa shape index (κ2) is 1.63. The van der Waals surface area contributed by atoms with Crippen molar-refractivity contribution in [3.05, 3.63) is 0 Å². The van der Waals surface area contributed by atoms with Gasteiger partial charge in [0, 0.05) is 6.54 Å². The zero-order valence-corrected chi connectivity index (χ0v) is 7.30. The molecule has 0 atom stereocenters. The standard InChI is InChI=1S/C9H13NO2/c1-2-8-3-9(4-8)6-12-7(11)10(9)5-8/h2-6H2,1H3. The molecule has 1 spiro atoms. The molecule has 3 heterocycles. The lowest BCUT2D eigenvalue weighted by molar-refractivity contribution is 0.0677. The molecule has 12 heavy (non-hydrogen) atoms. The lowest BCUT2D eigenvalue weighted by Crippen LogP contribution is -2.48. The summed E-state index contributed by atoms with van der Waals surface area (Å²) in [5.74, 6) is 0. The van der Waals surface area contributed by atoms with Crippen LogP contribution >= 0.6 is 0 Å². The summed E-state index contributed by atoms with van der Waals surface area (Å²) in [6, 6.07) is 0. The molecular formula is C9H13NO2. The minimum Gasteiger partial charge on any atom is -0.447 e. The number of carbonyl (C=O) groups is 1. The van der Waals surface area contributed by atoms with Crippen molar-refractivity contribution in [3.8, 4) is 0 Å². The van der Waals surface area contributed by atoms with Gasteiger partial charge < -0.3 is 4.74 Å². The van der Waals surface area contributed by atoms with Crippen molar-refractivity contribution >= 4 is 6.09 Å². The van der Waals surface area contributed by atoms with Crippen LogP contribution in [0.25, 0.3) is 0 Å². The Bertz CT molecular complexity index is 255. The van der Waals surface area contributed by atoms with Gasteiger partial charge in [0.05, 0.1) is 5.54 Å². The molecule has 0 aromatic carbocycles. The molecule has 66 valence electrons. The van der Waals surface area contributed by atoms with Gasteiger partial charge in [-0.3, -0.25) is 4.90 Å². The molecule has 4 aliphatic rings. The van der Waals surface area contributed by atoms with E-state index in [1.165, 1.54) is 19.3 Å². The number of carbonyl (C=O) groups excluding carboxylic acids is 1. The van der Waals surface area contributed by atoms with Gasteiger partial charge in [0.1, 0.15) is 6.61 Å². The maximum absolute atomic E-state index is 11.2. The molecule has 3 saturated heterocycles. The molecule has 1 aliphatic carbocycles. The number of hydrogen-bond donors (Lipinski definition) is 0. The van der Waals surface area contributed by atoms with Crippen molar-refractivity contribution in [2.24, 2.45) is 5.41 Å². The first-order chi connectivity index (χ1) is 5.70. The lowest BCUT2D eigenvalue weighted by Gasteiger charge is -2.43. The van der Waals surface area contributed by atoms with E-state index in [1.807, 2.05) is 4.90 Å². The summed E-state index contributed by atoms with van der Waals surface area (Å²) in [4.78, 5) is 13.2. The third-order valence-corrected chi connectivity index (χ3v) is 3.91. The monoisotopic (exact) mass is 167 g/mol. The van der Waals surface area contributed by atoms with Gasteiger partial charge in [0.2, 0.25) is 0 Å². The van der Waals surface area contributed by atoms with E-state index in [-0.39, 0.29) is 11.6 Å². The number of hydrogen-bond acceptors (Lipinski definition) is 2. The molecule has 4 rings (SSSR count). The Balaban J connectivity index is 1.94. The van der Waals surface area contributed by atoms with Crippen LogP contribution in [0.4, 0.5) is 4.79 Å². The smallest absolute Gasteiger partial charge is 0.410 e. The Morgan fingerprint density at radius 1 is 1.58 bits per heavy atom. The zero-order chi connectivity index (χ0) is 8.40. The van der Waals surface area contributed by atoms with Crippen LogP contribution in [-0.2, 0) is 4.74 Å². The third kappa shape index (κ3) is 0.510. The summed E-state index contributed by atoms with van der Waals surface area (Å²) >= 11 is 0. The van der Waals surface area contributed by atoms with Crippen molar-refractivity contribution < 1.29 is 9.53 Å². The van der Waals surface area contributed by atoms with E-state index in [0.29, 0.717) is 12.0 Å². The first-order valence-corrected chi connectivity index (χ1v) is 4.64. The third-order valence-electron chi connectivity index (χ3n) is 3.91. The highest BCUT2D eigenvalue weighted by molar-refractivity contribution is 5.73. The molecule has 0 N–H and O–H groups in total. The summed E-state index contributed by atoms with van der Waals surface area (Å²) in [5, 5.41) is 0. The van der Waals surface area contributed by atoms with Crippen molar-refractivity contribution in [1.82, 2.24) is 4.90 Å². The Morgan fingerprint density at radius 3 is 2.92 bits per heavy atom. The number of cyclic esters (lactones) is 1. The van der Waals surface area contributed by atoms with Gasteiger partial charge in [-0.2, -0.15) is 0 Å². The van der Waals surface area contributed by atoms with Crippen LogP contribution in [0.1, 0.15) is 26.2 Å². The molecule has 1 amide bonds. The summed E-state index contributed by atoms with van der Waals surface area (Å²) in [6.45, 7) is 3.82. The predicted octanol–water partition coefficient (Wildman–Crippen LogP) is 1.38. The second-order valence-corrected chi connectivity index (χ2v) is 4.57. The molecule has 1 saturated carbocycles. The van der Waals surface area contributed by atoms with Gasteiger partial charge in [-0.15, -0.1) is 0 Å². The van der Waals surface area contributed by atoms with Gasteiger partial charge in [-0.1, -0.05) is 6.92 Å². The molecule has 3 nitrogen and oxygen atoms in total. The van der Waals surface area contributed by atoms with Crippen LogP contribution < -0.4 is 0 Å². The summed E-state index contributed by atoms with van der Waals surface area (Å²) < 4.78 is 5.04. The van der Waals surface area contributed by atoms with E-state index >= 15 is 0 Å². The minimum atomic E-state index is -0.0807. The first kappa shape index (κ1) is 6.75. The number of rotatable bonds is 1. The van der Waals surface area contributed by atoms with Gasteiger partial charge in [0.25, 0.3) is 0 Å². The van der Waals surface area contributed by atoms with Crippen molar-refractivity contribution in [1.29, 1.82) is 0 Å². The van der Waals surface area contributed by atoms with Crippen molar-refractivity contribution in [2.75, 3.05) is 13.2 Å². The highest BCUT2D eigenvalue weighted by Gasteiger charge is 2.69. The average Bonchev–Trinajstić information content (AvgIpc) is 2.56. The van der Waals surface area contributed by atoms with Crippen LogP contribution in [0, 0.1) is 5.41 Å². The first-order valence-electron chi connectivity index (χ1n) is 4.64. The number of nitrogens with zero attached hydrogens (tertiary/aromatic N) is 1. The fourth-order valence-electron chi connectivity index (χ4n) is 3.22. The Labute approximate surface area is 71.7 Å². The molecule has 2 bridgehead atoms. The SMILES string of the molecule is CCC12CN3C(=O)OCC3(C1)C2. The van der Waals surface area contributed by atoms with Crippen LogP contribution in [-0.4, -0.2) is 29.7 Å². The van der Waals surface area contributed by atoms with Crippen molar-refractivity contribution in [3.63, 3.8) is 0 Å². The van der Waals surface area contributed by atoms with E-state index in [0.717, 1.165) is 6.54 Å². The fraction of sp³-hybridized carbons (Fsp3) is 0.889. The highest BCUT2D eigenvalue weighted by atomic mass is 16.6. The topological polar surface area (TPSA) is 29.5 Å². The quantitative estimate of drug-likeness (QED) is 0.590. The van der Waals surface area contributed by atoms with Gasteiger partial charge in [-0.25, -0.2) is 4.79 Å². The van der Waals surface area contributed by atoms with E-state index < -0.39 is 0 Å². The minimum absolute atomic E-state index is 0.0807. The molecule has 0 unspecified atom stereocenters. The van der Waals surface area contributed by atoms with E-state index in [4.69, 9.17) is 4.74 Å². The molecule has 0 radical (unpaired) electrons. The van der Waals surface area contributed by atoms with E-state index in [1.54, 1.807) is 0 Å². The van der Waals surface area contributed by atoms with E-state index in [9.17, 15) is 4.79 Å². The Morgan fingerprint density at radius 2 is 2.33 bits per heavy atom. The summed E-state index contributed by atoms with van der Waals surface area (Å²) in [7, 11) is 0. The molecule has 3 aliphatic heterocycles. The average molecular weight is 167 g/mol. The predicted molar refractivity (Wildman–Crippen MR) is 42.7 cm³/mol. The largest absolute Gasteiger partial charge is 0.447 e. The Kier molecular flexibility index (Phi) is 0.917. The highest BCUT2D eigenvalue weighted by Crippen LogP contribution is 2.62. The van der Waals surface area contributed by atoms with Crippen LogP contribution in [0.15, 0.2) is 0 Å².